The highest BCUT2D eigenvalue weighted by atomic mass is 16.5. The van der Waals surface area contributed by atoms with Gasteiger partial charge in [-0.3, -0.25) is 10.00 Å². The molecule has 1 aliphatic heterocycles. The summed E-state index contributed by atoms with van der Waals surface area (Å²) >= 11 is 0. The van der Waals surface area contributed by atoms with Crippen molar-refractivity contribution >= 4 is 0 Å². The molecule has 0 radical (unpaired) electrons. The van der Waals surface area contributed by atoms with Gasteiger partial charge in [-0.25, -0.2) is 4.98 Å². The molecule has 1 fully saturated rings. The Hall–Kier alpha value is -1.74. The summed E-state index contributed by atoms with van der Waals surface area (Å²) in [6, 6.07) is 3.66. The minimum absolute atomic E-state index is 0.162. The van der Waals surface area contributed by atoms with Crippen molar-refractivity contribution in [2.24, 2.45) is 0 Å². The Morgan fingerprint density at radius 2 is 2.48 bits per heavy atom. The molecule has 0 aliphatic carbocycles. The number of nitrogens with zero attached hydrogens (tertiary/aromatic N) is 3. The summed E-state index contributed by atoms with van der Waals surface area (Å²) in [6.07, 6.45) is 0.885. The number of nitrogens with one attached hydrogen (secondary N) is 1. The molecule has 2 atom stereocenters. The lowest BCUT2D eigenvalue weighted by atomic mass is 10.2. The van der Waals surface area contributed by atoms with Gasteiger partial charge in [0.15, 0.2) is 5.82 Å². The van der Waals surface area contributed by atoms with E-state index in [1.54, 1.807) is 6.26 Å². The smallest absolute Gasteiger partial charge is 0.180 e. The van der Waals surface area contributed by atoms with Crippen LogP contribution in [0, 0.1) is 6.92 Å². The number of H-pyrrole nitrogens is 1. The standard InChI is InChI=1S/C15H22N4O4/c1-11-16-15(18-17-11)14-8-19(4-6-23-14)7-12(20)9-21-10-13-3-2-5-22-13/h2-3,5,12,14,20H,4,6-10H2,1H3,(H,16,17,18)/t12-,14+/m1/s1. The minimum atomic E-state index is -0.558. The van der Waals surface area contributed by atoms with Crippen LogP contribution in [0.1, 0.15) is 23.5 Å². The van der Waals surface area contributed by atoms with Gasteiger partial charge in [-0.05, 0) is 19.1 Å². The second-order valence-corrected chi connectivity index (χ2v) is 5.65. The van der Waals surface area contributed by atoms with Gasteiger partial charge in [0.2, 0.25) is 0 Å². The van der Waals surface area contributed by atoms with E-state index in [0.717, 1.165) is 18.1 Å². The van der Waals surface area contributed by atoms with Crippen molar-refractivity contribution < 1.29 is 19.0 Å². The number of hydrogen-bond acceptors (Lipinski definition) is 7. The Morgan fingerprint density at radius 1 is 1.57 bits per heavy atom. The van der Waals surface area contributed by atoms with Crippen molar-refractivity contribution in [2.75, 3.05) is 32.8 Å². The van der Waals surface area contributed by atoms with Gasteiger partial charge in [0.1, 0.15) is 24.3 Å². The van der Waals surface area contributed by atoms with E-state index in [1.807, 2.05) is 19.1 Å². The molecule has 0 spiro atoms. The molecule has 23 heavy (non-hydrogen) atoms. The fourth-order valence-electron chi connectivity index (χ4n) is 2.57. The largest absolute Gasteiger partial charge is 0.467 e. The van der Waals surface area contributed by atoms with Crippen LogP contribution in [-0.2, 0) is 16.1 Å². The maximum absolute atomic E-state index is 10.1. The first kappa shape index (κ1) is 16.1. The van der Waals surface area contributed by atoms with E-state index in [9.17, 15) is 5.11 Å². The van der Waals surface area contributed by atoms with E-state index in [4.69, 9.17) is 13.9 Å². The highest BCUT2D eigenvalue weighted by molar-refractivity contribution is 4.96. The summed E-state index contributed by atoms with van der Waals surface area (Å²) in [4.78, 5) is 6.45. The number of hydrogen-bond donors (Lipinski definition) is 2. The van der Waals surface area contributed by atoms with Gasteiger partial charge in [0.05, 0.1) is 25.6 Å². The molecule has 3 rings (SSSR count). The average molecular weight is 322 g/mol. The number of aryl methyl sites for hydroxylation is 1. The quantitative estimate of drug-likeness (QED) is 0.773. The zero-order valence-corrected chi connectivity index (χ0v) is 13.1. The van der Waals surface area contributed by atoms with Crippen molar-refractivity contribution in [3.63, 3.8) is 0 Å². The monoisotopic (exact) mass is 322 g/mol. The molecule has 3 heterocycles. The lowest BCUT2D eigenvalue weighted by Gasteiger charge is -2.32. The molecular weight excluding hydrogens is 300 g/mol. The van der Waals surface area contributed by atoms with E-state index in [0.29, 0.717) is 32.1 Å². The molecule has 0 amide bonds. The number of β-amino-alcohol motifs (C(OH)–C–C–N with tert-alkyl or cyclic N) is 1. The van der Waals surface area contributed by atoms with Crippen LogP contribution in [-0.4, -0.2) is 64.1 Å². The van der Waals surface area contributed by atoms with Gasteiger partial charge in [-0.2, -0.15) is 5.10 Å². The number of aliphatic hydroxyl groups is 1. The number of morpholine rings is 1. The van der Waals surface area contributed by atoms with Crippen molar-refractivity contribution in [2.45, 2.75) is 25.7 Å². The molecule has 8 heteroatoms. The zero-order valence-electron chi connectivity index (χ0n) is 13.1. The molecule has 2 N–H and O–H groups in total. The Labute approximate surface area is 134 Å². The van der Waals surface area contributed by atoms with Gasteiger partial charge in [-0.15, -0.1) is 0 Å². The van der Waals surface area contributed by atoms with Crippen molar-refractivity contribution in [1.82, 2.24) is 20.1 Å². The van der Waals surface area contributed by atoms with Crippen LogP contribution in [0.3, 0.4) is 0 Å². The third kappa shape index (κ3) is 4.61. The number of aromatic amines is 1. The van der Waals surface area contributed by atoms with Gasteiger partial charge in [0.25, 0.3) is 0 Å². The summed E-state index contributed by atoms with van der Waals surface area (Å²) in [5, 5.41) is 17.1. The fraction of sp³-hybridized carbons (Fsp3) is 0.600. The molecule has 8 nitrogen and oxygen atoms in total. The summed E-state index contributed by atoms with van der Waals surface area (Å²) in [7, 11) is 0. The Balaban J connectivity index is 1.41. The fourth-order valence-corrected chi connectivity index (χ4v) is 2.57. The van der Waals surface area contributed by atoms with Crippen molar-refractivity contribution in [3.8, 4) is 0 Å². The van der Waals surface area contributed by atoms with Crippen LogP contribution >= 0.6 is 0 Å². The van der Waals surface area contributed by atoms with Crippen LogP contribution in [0.2, 0.25) is 0 Å². The number of ether oxygens (including phenoxy) is 2. The lowest BCUT2D eigenvalue weighted by Crippen LogP contribution is -2.43. The first-order valence-electron chi connectivity index (χ1n) is 7.72. The van der Waals surface area contributed by atoms with E-state index >= 15 is 0 Å². The third-order valence-corrected chi connectivity index (χ3v) is 3.66. The number of rotatable bonds is 7. The van der Waals surface area contributed by atoms with Crippen LogP contribution in [0.5, 0.6) is 0 Å². The van der Waals surface area contributed by atoms with E-state index in [-0.39, 0.29) is 12.7 Å². The topological polar surface area (TPSA) is 96.6 Å². The second-order valence-electron chi connectivity index (χ2n) is 5.65. The Morgan fingerprint density at radius 3 is 3.22 bits per heavy atom. The Kier molecular flexibility index (Phi) is 5.39. The summed E-state index contributed by atoms with van der Waals surface area (Å²) in [6.45, 7) is 5.05. The molecule has 2 aromatic rings. The predicted molar refractivity (Wildman–Crippen MR) is 80.6 cm³/mol. The predicted octanol–water partition coefficient (Wildman–Crippen LogP) is 0.657. The highest BCUT2D eigenvalue weighted by Crippen LogP contribution is 2.19. The van der Waals surface area contributed by atoms with Gasteiger partial charge >= 0.3 is 0 Å². The summed E-state index contributed by atoms with van der Waals surface area (Å²) in [5.74, 6) is 2.19. The van der Waals surface area contributed by atoms with Crippen molar-refractivity contribution in [3.05, 3.63) is 35.8 Å². The summed E-state index contributed by atoms with van der Waals surface area (Å²) in [5.41, 5.74) is 0. The molecule has 0 bridgehead atoms. The number of aliphatic hydroxyl groups excluding tert-OH is 1. The molecule has 126 valence electrons. The number of aromatic nitrogens is 3. The SMILES string of the molecule is Cc1nc([C@@H]2CN(C[C@@H](O)COCc3ccco3)CCO2)n[nH]1. The first-order chi connectivity index (χ1) is 11.2. The van der Waals surface area contributed by atoms with E-state index in [2.05, 4.69) is 20.1 Å². The zero-order chi connectivity index (χ0) is 16.1. The Bertz CT molecular complexity index is 586. The minimum Gasteiger partial charge on any atom is -0.467 e. The molecule has 1 saturated heterocycles. The van der Waals surface area contributed by atoms with E-state index < -0.39 is 6.10 Å². The van der Waals surface area contributed by atoms with Crippen LogP contribution in [0.15, 0.2) is 22.8 Å². The average Bonchev–Trinajstić information content (AvgIpc) is 3.19. The lowest BCUT2D eigenvalue weighted by molar-refractivity contribution is -0.0572. The van der Waals surface area contributed by atoms with Gasteiger partial charge < -0.3 is 19.0 Å². The first-order valence-corrected chi connectivity index (χ1v) is 7.72. The molecule has 1 aliphatic rings. The summed E-state index contributed by atoms with van der Waals surface area (Å²) < 4.78 is 16.4. The molecule has 0 unspecified atom stereocenters. The number of furan rings is 1. The molecule has 0 aromatic carbocycles. The van der Waals surface area contributed by atoms with Crippen LogP contribution in [0.4, 0.5) is 0 Å². The van der Waals surface area contributed by atoms with Gasteiger partial charge in [0, 0.05) is 19.6 Å². The molecule has 0 saturated carbocycles. The maximum atomic E-state index is 10.1. The van der Waals surface area contributed by atoms with Crippen molar-refractivity contribution in [1.29, 1.82) is 0 Å². The third-order valence-electron chi connectivity index (χ3n) is 3.66. The van der Waals surface area contributed by atoms with E-state index in [1.165, 1.54) is 0 Å². The van der Waals surface area contributed by atoms with Crippen LogP contribution < -0.4 is 0 Å². The van der Waals surface area contributed by atoms with Crippen LogP contribution in [0.25, 0.3) is 0 Å². The maximum Gasteiger partial charge on any atom is 0.180 e. The normalized spacial score (nSPS) is 20.7. The molecular formula is C15H22N4O4. The van der Waals surface area contributed by atoms with Gasteiger partial charge in [-0.1, -0.05) is 0 Å². The second kappa shape index (κ2) is 7.69. The molecule has 2 aromatic heterocycles. The highest BCUT2D eigenvalue weighted by Gasteiger charge is 2.26.